The number of aromatic nitrogens is 2. The molecule has 0 saturated heterocycles. The minimum atomic E-state index is 1.03. The van der Waals surface area contributed by atoms with E-state index in [4.69, 9.17) is 0 Å². The fourth-order valence-corrected chi connectivity index (χ4v) is 9.51. The monoisotopic (exact) mass is 684 g/mol. The number of hydrogen-bond donors (Lipinski definition) is 0. The second-order valence-electron chi connectivity index (χ2n) is 15.1. The maximum absolute atomic E-state index is 4.18. The van der Waals surface area contributed by atoms with E-state index in [-0.39, 0.29) is 0 Å². The summed E-state index contributed by atoms with van der Waals surface area (Å²) >= 11 is 0. The topological polar surface area (TPSA) is 9.86 Å². The van der Waals surface area contributed by atoms with Gasteiger partial charge in [0.25, 0.3) is 0 Å². The highest BCUT2D eigenvalue weighted by molar-refractivity contribution is 6.00. The Balaban J connectivity index is 1.06. The Morgan fingerprint density at radius 2 is 1.38 bits per heavy atom. The van der Waals surface area contributed by atoms with Crippen LogP contribution in [0, 0.1) is 0 Å². The molecule has 258 valence electrons. The van der Waals surface area contributed by atoms with E-state index in [2.05, 4.69) is 156 Å². The first kappa shape index (κ1) is 31.8. The molecule has 2 heteroatoms. The SMILES string of the molecule is C=Cc1cccc(-c2ccc(-n3c4c(c5cc(C6=Cc7c(n(-c8ccccc8)c8ccccc78)CC6)ccc53)CCCC4)cc2)c1C1=C(C)CCC=C1. The molecule has 0 amide bonds. The van der Waals surface area contributed by atoms with E-state index in [1.165, 1.54) is 108 Å². The smallest absolute Gasteiger partial charge is 0.0537 e. The van der Waals surface area contributed by atoms with E-state index in [1.807, 2.05) is 6.08 Å². The number of benzene rings is 5. The molecule has 0 radical (unpaired) electrons. The Labute approximate surface area is 312 Å². The Bertz CT molecular complexity index is 2670. The maximum Gasteiger partial charge on any atom is 0.0537 e. The largest absolute Gasteiger partial charge is 0.313 e. The molecule has 5 aromatic carbocycles. The molecule has 53 heavy (non-hydrogen) atoms. The van der Waals surface area contributed by atoms with Gasteiger partial charge in [0.05, 0.1) is 11.0 Å². The summed E-state index contributed by atoms with van der Waals surface area (Å²) in [5, 5.41) is 2.76. The molecule has 0 spiro atoms. The molecule has 2 heterocycles. The van der Waals surface area contributed by atoms with Gasteiger partial charge in [-0.25, -0.2) is 0 Å². The van der Waals surface area contributed by atoms with Gasteiger partial charge in [-0.05, 0) is 151 Å². The predicted octanol–water partition coefficient (Wildman–Crippen LogP) is 13.4. The summed E-state index contributed by atoms with van der Waals surface area (Å²) in [6, 6.07) is 43.0. The van der Waals surface area contributed by atoms with Crippen molar-refractivity contribution < 1.29 is 0 Å². The Kier molecular flexibility index (Phi) is 7.79. The Hall–Kier alpha value is -5.86. The predicted molar refractivity (Wildman–Crippen MR) is 226 cm³/mol. The van der Waals surface area contributed by atoms with Gasteiger partial charge in [-0.3, -0.25) is 0 Å². The summed E-state index contributed by atoms with van der Waals surface area (Å²) < 4.78 is 5.04. The molecule has 3 aliphatic carbocycles. The molecule has 0 unspecified atom stereocenters. The van der Waals surface area contributed by atoms with Crippen molar-refractivity contribution in [2.45, 2.75) is 58.3 Å². The van der Waals surface area contributed by atoms with Gasteiger partial charge in [0, 0.05) is 39.1 Å². The van der Waals surface area contributed by atoms with Crippen LogP contribution in [0.4, 0.5) is 0 Å². The van der Waals surface area contributed by atoms with Gasteiger partial charge in [0.1, 0.15) is 0 Å². The van der Waals surface area contributed by atoms with Gasteiger partial charge in [0.15, 0.2) is 0 Å². The molecule has 0 bridgehead atoms. The van der Waals surface area contributed by atoms with E-state index < -0.39 is 0 Å². The summed E-state index contributed by atoms with van der Waals surface area (Å²) in [6.07, 6.45) is 18.2. The van der Waals surface area contributed by atoms with Crippen molar-refractivity contribution in [3.05, 3.63) is 179 Å². The fourth-order valence-electron chi connectivity index (χ4n) is 9.51. The fraction of sp³-hybridized carbons (Fsp3) is 0.176. The Morgan fingerprint density at radius 1 is 0.623 bits per heavy atom. The van der Waals surface area contributed by atoms with Crippen LogP contribution in [-0.4, -0.2) is 9.13 Å². The van der Waals surface area contributed by atoms with Crippen molar-refractivity contribution in [3.8, 4) is 22.5 Å². The lowest BCUT2D eigenvalue weighted by Crippen LogP contribution is -2.06. The molecule has 0 atom stereocenters. The van der Waals surface area contributed by atoms with Gasteiger partial charge in [-0.15, -0.1) is 0 Å². The van der Waals surface area contributed by atoms with Crippen molar-refractivity contribution in [1.82, 2.24) is 9.13 Å². The molecule has 0 fully saturated rings. The van der Waals surface area contributed by atoms with Crippen LogP contribution < -0.4 is 0 Å². The zero-order valence-corrected chi connectivity index (χ0v) is 30.5. The summed E-state index contributed by atoms with van der Waals surface area (Å²) in [6.45, 7) is 6.46. The van der Waals surface area contributed by atoms with Crippen molar-refractivity contribution in [2.75, 3.05) is 0 Å². The highest BCUT2D eigenvalue weighted by Gasteiger charge is 2.25. The number of rotatable bonds is 6. The van der Waals surface area contributed by atoms with Crippen molar-refractivity contribution >= 4 is 45.1 Å². The van der Waals surface area contributed by atoms with E-state index in [9.17, 15) is 0 Å². The first-order chi connectivity index (χ1) is 26.2. The summed E-state index contributed by atoms with van der Waals surface area (Å²) in [7, 11) is 0. The van der Waals surface area contributed by atoms with Gasteiger partial charge < -0.3 is 9.13 Å². The van der Waals surface area contributed by atoms with Crippen LogP contribution in [0.3, 0.4) is 0 Å². The van der Waals surface area contributed by atoms with Crippen LogP contribution in [0.5, 0.6) is 0 Å². The number of para-hydroxylation sites is 2. The average Bonchev–Trinajstić information content (AvgIpc) is 3.73. The molecule has 2 nitrogen and oxygen atoms in total. The first-order valence-corrected chi connectivity index (χ1v) is 19.5. The third-order valence-electron chi connectivity index (χ3n) is 12.1. The molecule has 2 aromatic heterocycles. The maximum atomic E-state index is 4.18. The van der Waals surface area contributed by atoms with Crippen LogP contribution in [0.15, 0.2) is 140 Å². The zero-order valence-electron chi connectivity index (χ0n) is 30.5. The van der Waals surface area contributed by atoms with Gasteiger partial charge >= 0.3 is 0 Å². The van der Waals surface area contributed by atoms with Crippen molar-refractivity contribution in [3.63, 3.8) is 0 Å². The highest BCUT2D eigenvalue weighted by atomic mass is 15.0. The van der Waals surface area contributed by atoms with E-state index in [0.29, 0.717) is 0 Å². The van der Waals surface area contributed by atoms with Crippen LogP contribution in [0.1, 0.15) is 78.2 Å². The van der Waals surface area contributed by atoms with E-state index in [1.54, 1.807) is 5.56 Å². The molecular formula is C51H44N2. The molecule has 0 N–H and O–H groups in total. The summed E-state index contributed by atoms with van der Waals surface area (Å²) in [5.41, 5.74) is 21.5. The van der Waals surface area contributed by atoms with Crippen molar-refractivity contribution in [1.29, 1.82) is 0 Å². The normalized spacial score (nSPS) is 15.5. The van der Waals surface area contributed by atoms with Crippen LogP contribution in [0.2, 0.25) is 0 Å². The lowest BCUT2D eigenvalue weighted by molar-refractivity contribution is 0.667. The lowest BCUT2D eigenvalue weighted by Gasteiger charge is -2.20. The van der Waals surface area contributed by atoms with Gasteiger partial charge in [-0.1, -0.05) is 103 Å². The third kappa shape index (κ3) is 5.23. The quantitative estimate of drug-likeness (QED) is 0.165. The second kappa shape index (κ2) is 13.0. The minimum absolute atomic E-state index is 1.03. The van der Waals surface area contributed by atoms with Gasteiger partial charge in [-0.2, -0.15) is 0 Å². The van der Waals surface area contributed by atoms with Crippen LogP contribution >= 0.6 is 0 Å². The molecule has 7 aromatic rings. The Morgan fingerprint density at radius 3 is 2.23 bits per heavy atom. The second-order valence-corrected chi connectivity index (χ2v) is 15.1. The standard InChI is InChI=1S/C51H44N2/c1-3-35-15-13-21-42(51(35)41-18-8-7-14-34(41)2)36-24-28-40(29-25-36)53-48-23-12-10-20-44(48)46-33-38(27-31-50(46)53)37-26-30-49-45(32-37)43-19-9-11-22-47(43)52(49)39-16-5-4-6-17-39/h3-6,8-9,11,13,15-19,21-22,24-25,27-29,31-33H,1,7,10,12,14,20,23,26,30H2,2H3. The highest BCUT2D eigenvalue weighted by Crippen LogP contribution is 2.42. The van der Waals surface area contributed by atoms with Crippen molar-refractivity contribution in [2.24, 2.45) is 0 Å². The number of allylic oxidation sites excluding steroid dienone is 5. The third-order valence-corrected chi connectivity index (χ3v) is 12.1. The van der Waals surface area contributed by atoms with Crippen LogP contribution in [-0.2, 0) is 19.3 Å². The molecular weight excluding hydrogens is 641 g/mol. The molecule has 3 aliphatic rings. The summed E-state index contributed by atoms with van der Waals surface area (Å²) in [4.78, 5) is 0. The zero-order chi connectivity index (χ0) is 35.5. The number of nitrogens with zero attached hydrogens (tertiary/aromatic N) is 2. The van der Waals surface area contributed by atoms with Gasteiger partial charge in [0.2, 0.25) is 0 Å². The average molecular weight is 685 g/mol. The molecule has 10 rings (SSSR count). The van der Waals surface area contributed by atoms with E-state index in [0.717, 1.165) is 38.5 Å². The molecule has 0 saturated carbocycles. The molecule has 0 aliphatic heterocycles. The number of aryl methyl sites for hydroxylation is 1. The van der Waals surface area contributed by atoms with Crippen LogP contribution in [0.25, 0.3) is 67.6 Å². The minimum Gasteiger partial charge on any atom is -0.313 e. The lowest BCUT2D eigenvalue weighted by atomic mass is 9.85. The summed E-state index contributed by atoms with van der Waals surface area (Å²) in [5.74, 6) is 0. The number of fused-ring (bicyclic) bond motifs is 6. The van der Waals surface area contributed by atoms with E-state index >= 15 is 0 Å². The first-order valence-electron chi connectivity index (χ1n) is 19.5. The number of hydrogen-bond acceptors (Lipinski definition) is 0.